The molecule has 1 aliphatic rings. The molecule has 234 valence electrons. The number of para-hydroxylation sites is 1. The maximum Gasteiger partial charge on any atom is 0.407 e. The summed E-state index contributed by atoms with van der Waals surface area (Å²) in [6.07, 6.45) is 4.32. The monoisotopic (exact) mass is 605 g/mol. The van der Waals surface area contributed by atoms with Crippen LogP contribution in [-0.2, 0) is 27.1 Å². The molecule has 0 saturated carbocycles. The van der Waals surface area contributed by atoms with E-state index in [1.165, 1.54) is 12.7 Å². The molecule has 3 atom stereocenters. The second kappa shape index (κ2) is 16.6. The number of alkyl carbamates (subject to hydrolysis) is 1. The molecule has 1 saturated heterocycles. The van der Waals surface area contributed by atoms with Crippen molar-refractivity contribution in [3.63, 3.8) is 0 Å². The van der Waals surface area contributed by atoms with E-state index in [4.69, 9.17) is 9.47 Å². The van der Waals surface area contributed by atoms with E-state index in [0.29, 0.717) is 12.6 Å². The van der Waals surface area contributed by atoms with Crippen LogP contribution in [-0.4, -0.2) is 50.4 Å². The Morgan fingerprint density at radius 2 is 1.44 bits per heavy atom. The molecule has 0 spiro atoms. The number of rotatable bonds is 13. The number of hydrogen-bond donors (Lipinski definition) is 3. The second-order valence-corrected chi connectivity index (χ2v) is 11.5. The molecule has 0 bridgehead atoms. The summed E-state index contributed by atoms with van der Waals surface area (Å²) < 4.78 is 11.2. The molecule has 45 heavy (non-hydrogen) atoms. The fraction of sp³-hybridized carbons (Fsp3) is 0.316. The predicted octanol–water partition coefficient (Wildman–Crippen LogP) is 6.49. The van der Waals surface area contributed by atoms with Gasteiger partial charge >= 0.3 is 6.09 Å². The molecule has 1 aliphatic heterocycles. The first-order valence-corrected chi connectivity index (χ1v) is 15.8. The van der Waals surface area contributed by atoms with Crippen molar-refractivity contribution >= 4 is 17.7 Å². The minimum Gasteiger partial charge on any atom is -0.453 e. The lowest BCUT2D eigenvalue weighted by Gasteiger charge is -2.31. The van der Waals surface area contributed by atoms with Crippen molar-refractivity contribution in [2.24, 2.45) is 0 Å². The highest BCUT2D eigenvalue weighted by Gasteiger charge is 2.33. The van der Waals surface area contributed by atoms with Crippen molar-refractivity contribution in [1.82, 2.24) is 10.6 Å². The van der Waals surface area contributed by atoms with Crippen molar-refractivity contribution < 1.29 is 19.1 Å². The van der Waals surface area contributed by atoms with Gasteiger partial charge in [0.05, 0.1) is 19.8 Å². The van der Waals surface area contributed by atoms with Gasteiger partial charge in [-0.3, -0.25) is 4.79 Å². The Labute approximate surface area is 266 Å². The van der Waals surface area contributed by atoms with Crippen LogP contribution >= 0.6 is 0 Å². The molecule has 0 radical (unpaired) electrons. The number of carbonyl (C=O) groups excluding carboxylic acids is 2. The number of morpholine rings is 1. The molecule has 0 aliphatic carbocycles. The van der Waals surface area contributed by atoms with Gasteiger partial charge in [-0.2, -0.15) is 0 Å². The Balaban J connectivity index is 1.21. The first kappa shape index (κ1) is 31.9. The van der Waals surface area contributed by atoms with Gasteiger partial charge in [-0.15, -0.1) is 0 Å². The number of benzene rings is 4. The highest BCUT2D eigenvalue weighted by atomic mass is 16.5. The predicted molar refractivity (Wildman–Crippen MR) is 178 cm³/mol. The zero-order chi connectivity index (χ0) is 31.3. The number of anilines is 1. The van der Waals surface area contributed by atoms with Crippen LogP contribution < -0.4 is 16.0 Å². The topological polar surface area (TPSA) is 88.7 Å². The minimum absolute atomic E-state index is 0.105. The fourth-order valence-corrected chi connectivity index (χ4v) is 6.01. The summed E-state index contributed by atoms with van der Waals surface area (Å²) >= 11 is 0. The summed E-state index contributed by atoms with van der Waals surface area (Å²) in [4.78, 5) is 26.5. The molecule has 1 fully saturated rings. The smallest absolute Gasteiger partial charge is 0.407 e. The third kappa shape index (κ3) is 9.27. The number of nitrogens with one attached hydrogen (secondary N) is 3. The zero-order valence-corrected chi connectivity index (χ0v) is 25.9. The molecule has 7 heteroatoms. The molecule has 3 N–H and O–H groups in total. The molecule has 7 nitrogen and oxygen atoms in total. The molecule has 2 amide bonds. The molecular formula is C38H43N3O4. The highest BCUT2D eigenvalue weighted by Crippen LogP contribution is 2.30. The Morgan fingerprint density at radius 3 is 2.07 bits per heavy atom. The van der Waals surface area contributed by atoms with Crippen LogP contribution in [0.25, 0.3) is 0 Å². The number of aryl methyl sites for hydroxylation is 2. The standard InChI is InChI=1S/C38H43N3O4/c1-44-38(43)41-36(35(30-18-7-3-8-19-30)31-20-9-4-10-21-31)37(42)40-34-23-12-11-17-29(34)24-25-33-26-39-32(27-45-33)22-13-16-28-14-5-2-6-15-28/h2-12,14-15,17-21,23,32-33,35-36,39H,13,16,22,24-27H2,1H3,(H,40,42)(H,41,43)/t32-,33-,36+/m1/s1. The quantitative estimate of drug-likeness (QED) is 0.162. The molecule has 4 aromatic rings. The summed E-state index contributed by atoms with van der Waals surface area (Å²) in [5.41, 5.74) is 4.94. The summed E-state index contributed by atoms with van der Waals surface area (Å²) in [7, 11) is 1.30. The van der Waals surface area contributed by atoms with Gasteiger partial charge in [0.25, 0.3) is 0 Å². The molecule has 0 aromatic heterocycles. The maximum absolute atomic E-state index is 14.0. The van der Waals surface area contributed by atoms with E-state index in [9.17, 15) is 9.59 Å². The Morgan fingerprint density at radius 1 is 0.822 bits per heavy atom. The lowest BCUT2D eigenvalue weighted by Crippen LogP contribution is -2.48. The molecule has 1 heterocycles. The van der Waals surface area contributed by atoms with Crippen molar-refractivity contribution in [1.29, 1.82) is 0 Å². The number of ether oxygens (including phenoxy) is 2. The Hall–Kier alpha value is -4.46. The lowest BCUT2D eigenvalue weighted by atomic mass is 9.84. The second-order valence-electron chi connectivity index (χ2n) is 11.5. The van der Waals surface area contributed by atoms with Gasteiger partial charge in [-0.05, 0) is 60.4 Å². The number of amides is 2. The van der Waals surface area contributed by atoms with E-state index >= 15 is 0 Å². The van der Waals surface area contributed by atoms with Gasteiger partial charge in [-0.1, -0.05) is 109 Å². The molecule has 5 rings (SSSR count). The van der Waals surface area contributed by atoms with Crippen molar-refractivity contribution in [3.05, 3.63) is 138 Å². The summed E-state index contributed by atoms with van der Waals surface area (Å²) in [5.74, 6) is -0.750. The van der Waals surface area contributed by atoms with Crippen LogP contribution in [0.2, 0.25) is 0 Å². The van der Waals surface area contributed by atoms with Crippen LogP contribution in [0.4, 0.5) is 10.5 Å². The van der Waals surface area contributed by atoms with E-state index in [2.05, 4.69) is 46.3 Å². The fourth-order valence-electron chi connectivity index (χ4n) is 6.01. The molecule has 0 unspecified atom stereocenters. The van der Waals surface area contributed by atoms with E-state index < -0.39 is 18.1 Å². The van der Waals surface area contributed by atoms with Gasteiger partial charge in [0, 0.05) is 24.2 Å². The average molecular weight is 606 g/mol. The van der Waals surface area contributed by atoms with E-state index in [-0.39, 0.29) is 12.0 Å². The highest BCUT2D eigenvalue weighted by molar-refractivity contribution is 5.98. The largest absolute Gasteiger partial charge is 0.453 e. The van der Waals surface area contributed by atoms with Crippen molar-refractivity contribution in [3.8, 4) is 0 Å². The van der Waals surface area contributed by atoms with Crippen LogP contribution in [0.3, 0.4) is 0 Å². The van der Waals surface area contributed by atoms with E-state index in [0.717, 1.165) is 61.0 Å². The van der Waals surface area contributed by atoms with Gasteiger partial charge < -0.3 is 25.4 Å². The summed E-state index contributed by atoms with van der Waals surface area (Å²) in [5, 5.41) is 9.61. The lowest BCUT2D eigenvalue weighted by molar-refractivity contribution is -0.118. The summed E-state index contributed by atoms with van der Waals surface area (Å²) in [6.45, 7) is 1.52. The normalized spacial score (nSPS) is 16.9. The van der Waals surface area contributed by atoms with E-state index in [1.807, 2.05) is 84.9 Å². The van der Waals surface area contributed by atoms with Gasteiger partial charge in [0.2, 0.25) is 5.91 Å². The maximum atomic E-state index is 14.0. The van der Waals surface area contributed by atoms with Crippen LogP contribution in [0.15, 0.2) is 115 Å². The van der Waals surface area contributed by atoms with Gasteiger partial charge in [0.1, 0.15) is 6.04 Å². The van der Waals surface area contributed by atoms with Crippen LogP contribution in [0.1, 0.15) is 47.4 Å². The Kier molecular flexibility index (Phi) is 11.8. The summed E-state index contributed by atoms with van der Waals surface area (Å²) in [6, 6.07) is 37.4. The Bertz CT molecular complexity index is 1440. The average Bonchev–Trinajstić information content (AvgIpc) is 3.09. The molecule has 4 aromatic carbocycles. The van der Waals surface area contributed by atoms with E-state index in [1.54, 1.807) is 0 Å². The van der Waals surface area contributed by atoms with Crippen molar-refractivity contribution in [2.45, 2.75) is 56.2 Å². The number of carbonyl (C=O) groups is 2. The van der Waals surface area contributed by atoms with Gasteiger partial charge in [-0.25, -0.2) is 4.79 Å². The minimum atomic E-state index is -0.917. The van der Waals surface area contributed by atoms with Gasteiger partial charge in [0.15, 0.2) is 0 Å². The van der Waals surface area contributed by atoms with Crippen LogP contribution in [0.5, 0.6) is 0 Å². The zero-order valence-electron chi connectivity index (χ0n) is 25.9. The third-order valence-electron chi connectivity index (χ3n) is 8.43. The van der Waals surface area contributed by atoms with Crippen LogP contribution in [0, 0.1) is 0 Å². The number of methoxy groups -OCH3 is 1. The first-order valence-electron chi connectivity index (χ1n) is 15.8. The first-order chi connectivity index (χ1) is 22.1. The third-order valence-corrected chi connectivity index (χ3v) is 8.43. The van der Waals surface area contributed by atoms with Crippen molar-refractivity contribution in [2.75, 3.05) is 25.6 Å². The SMILES string of the molecule is COC(=O)N[C@H](C(=O)Nc1ccccc1CC[C@@H]1CN[C@H](CCCc2ccccc2)CO1)C(c1ccccc1)c1ccccc1. The number of hydrogen-bond acceptors (Lipinski definition) is 5. The molecular weight excluding hydrogens is 562 g/mol.